The van der Waals surface area contributed by atoms with Crippen molar-refractivity contribution < 1.29 is 0 Å². The van der Waals surface area contributed by atoms with Crippen molar-refractivity contribution in [2.75, 3.05) is 5.73 Å². The van der Waals surface area contributed by atoms with Gasteiger partial charge in [0.2, 0.25) is 0 Å². The van der Waals surface area contributed by atoms with Crippen LogP contribution < -0.4 is 5.73 Å². The Bertz CT molecular complexity index is 347. The molecular formula is C12H17ClN2. The Morgan fingerprint density at radius 3 is 2.53 bits per heavy atom. The Hall–Kier alpha value is -1.02. The van der Waals surface area contributed by atoms with Gasteiger partial charge in [-0.25, -0.2) is 0 Å². The van der Waals surface area contributed by atoms with Gasteiger partial charge in [0.25, 0.3) is 0 Å². The fourth-order valence-electron chi connectivity index (χ4n) is 1.28. The van der Waals surface area contributed by atoms with E-state index < -0.39 is 0 Å². The van der Waals surface area contributed by atoms with E-state index in [1.807, 2.05) is 25.3 Å². The molecule has 0 aliphatic carbocycles. The molecule has 2 nitrogen and oxygen atoms in total. The molecular weight excluding hydrogens is 208 g/mol. The largest absolute Gasteiger partial charge is 0.398 e. The second-order valence-corrected chi connectivity index (χ2v) is 4.19. The van der Waals surface area contributed by atoms with Crippen LogP contribution in [0.2, 0.25) is 5.02 Å². The highest BCUT2D eigenvalue weighted by Gasteiger charge is 2.00. The van der Waals surface area contributed by atoms with E-state index in [1.165, 1.54) is 12.8 Å². The first-order valence-corrected chi connectivity index (χ1v) is 5.50. The quantitative estimate of drug-likeness (QED) is 0.674. The van der Waals surface area contributed by atoms with Crippen molar-refractivity contribution in [1.82, 2.24) is 0 Å². The standard InChI is InChI=1S/C7H8ClN.C5H9N/c1-5-2-3-7(9)6(8)4-5;1-5-3-2-4-6-5/h2-4H,9H2,1H3;4-5H,2-3H2,1H3. The summed E-state index contributed by atoms with van der Waals surface area (Å²) >= 11 is 5.69. The predicted octanol–water partition coefficient (Wildman–Crippen LogP) is 3.47. The van der Waals surface area contributed by atoms with Crippen LogP contribution in [-0.4, -0.2) is 12.3 Å². The number of nitrogens with two attached hydrogens (primary N) is 1. The lowest BCUT2D eigenvalue weighted by Crippen LogP contribution is -1.86. The molecule has 82 valence electrons. The van der Waals surface area contributed by atoms with Crippen molar-refractivity contribution in [3.8, 4) is 0 Å². The van der Waals surface area contributed by atoms with Gasteiger partial charge in [0.1, 0.15) is 0 Å². The van der Waals surface area contributed by atoms with E-state index in [2.05, 4.69) is 11.9 Å². The number of benzene rings is 1. The van der Waals surface area contributed by atoms with Crippen LogP contribution in [0.15, 0.2) is 23.2 Å². The lowest BCUT2D eigenvalue weighted by molar-refractivity contribution is 0.739. The Morgan fingerprint density at radius 1 is 1.47 bits per heavy atom. The van der Waals surface area contributed by atoms with Gasteiger partial charge >= 0.3 is 0 Å². The van der Waals surface area contributed by atoms with Gasteiger partial charge in [0, 0.05) is 6.04 Å². The topological polar surface area (TPSA) is 38.4 Å². The number of aryl methyl sites for hydroxylation is 1. The molecule has 1 aliphatic heterocycles. The van der Waals surface area contributed by atoms with Crippen LogP contribution in [0.3, 0.4) is 0 Å². The molecule has 2 rings (SSSR count). The van der Waals surface area contributed by atoms with Gasteiger partial charge in [-0.3, -0.25) is 4.99 Å². The Morgan fingerprint density at radius 2 is 2.20 bits per heavy atom. The number of hydrogen-bond donors (Lipinski definition) is 1. The monoisotopic (exact) mass is 224 g/mol. The molecule has 0 radical (unpaired) electrons. The van der Waals surface area contributed by atoms with Gasteiger partial charge in [-0.2, -0.15) is 0 Å². The maximum Gasteiger partial charge on any atom is 0.0638 e. The summed E-state index contributed by atoms with van der Waals surface area (Å²) in [4.78, 5) is 4.11. The maximum atomic E-state index is 5.69. The molecule has 1 aliphatic rings. The van der Waals surface area contributed by atoms with Crippen molar-refractivity contribution in [3.63, 3.8) is 0 Å². The highest BCUT2D eigenvalue weighted by atomic mass is 35.5. The van der Waals surface area contributed by atoms with E-state index in [0.717, 1.165) is 5.56 Å². The van der Waals surface area contributed by atoms with Crippen molar-refractivity contribution in [2.45, 2.75) is 32.7 Å². The molecule has 2 N–H and O–H groups in total. The molecule has 0 saturated carbocycles. The maximum absolute atomic E-state index is 5.69. The van der Waals surface area contributed by atoms with Crippen molar-refractivity contribution in [1.29, 1.82) is 0 Å². The zero-order valence-electron chi connectivity index (χ0n) is 9.20. The lowest BCUT2D eigenvalue weighted by atomic mass is 10.2. The molecule has 1 aromatic rings. The van der Waals surface area contributed by atoms with Crippen LogP contribution >= 0.6 is 11.6 Å². The molecule has 1 aromatic carbocycles. The molecule has 1 heterocycles. The van der Waals surface area contributed by atoms with Crippen LogP contribution in [0.4, 0.5) is 5.69 Å². The first-order valence-electron chi connectivity index (χ1n) is 5.13. The number of halogens is 1. The van der Waals surface area contributed by atoms with Crippen molar-refractivity contribution in [3.05, 3.63) is 28.8 Å². The lowest BCUT2D eigenvalue weighted by Gasteiger charge is -1.96. The minimum atomic E-state index is 0.616. The number of hydrogen-bond acceptors (Lipinski definition) is 2. The average molecular weight is 225 g/mol. The summed E-state index contributed by atoms with van der Waals surface area (Å²) in [5.74, 6) is 0. The summed E-state index contributed by atoms with van der Waals surface area (Å²) in [7, 11) is 0. The van der Waals surface area contributed by atoms with Crippen LogP contribution in [0.1, 0.15) is 25.3 Å². The summed E-state index contributed by atoms with van der Waals surface area (Å²) in [6.45, 7) is 4.12. The smallest absolute Gasteiger partial charge is 0.0638 e. The van der Waals surface area contributed by atoms with E-state index in [0.29, 0.717) is 16.8 Å². The molecule has 1 unspecified atom stereocenters. The molecule has 0 spiro atoms. The Kier molecular flexibility index (Phi) is 4.63. The minimum Gasteiger partial charge on any atom is -0.398 e. The van der Waals surface area contributed by atoms with Crippen LogP contribution in [0.5, 0.6) is 0 Å². The van der Waals surface area contributed by atoms with E-state index in [9.17, 15) is 0 Å². The first-order chi connectivity index (χ1) is 7.09. The number of nitrogens with zero attached hydrogens (tertiary/aromatic N) is 1. The summed E-state index contributed by atoms with van der Waals surface area (Å²) in [6.07, 6.45) is 4.46. The summed E-state index contributed by atoms with van der Waals surface area (Å²) in [6, 6.07) is 6.19. The second kappa shape index (κ2) is 5.76. The number of nitrogen functional groups attached to an aromatic ring is 1. The van der Waals surface area contributed by atoms with Gasteiger partial charge in [-0.05, 0) is 50.6 Å². The summed E-state index contributed by atoms with van der Waals surface area (Å²) in [5.41, 5.74) is 7.23. The zero-order valence-corrected chi connectivity index (χ0v) is 9.96. The number of aliphatic imine (C=N–C) groups is 1. The third-order valence-electron chi connectivity index (χ3n) is 2.23. The molecule has 1 atom stereocenters. The molecule has 0 fully saturated rings. The molecule has 0 aromatic heterocycles. The van der Waals surface area contributed by atoms with Crippen molar-refractivity contribution >= 4 is 23.5 Å². The average Bonchev–Trinajstić information content (AvgIpc) is 2.64. The zero-order chi connectivity index (χ0) is 11.3. The first kappa shape index (κ1) is 12.1. The van der Waals surface area contributed by atoms with Gasteiger partial charge < -0.3 is 5.73 Å². The highest BCUT2D eigenvalue weighted by molar-refractivity contribution is 6.33. The van der Waals surface area contributed by atoms with Gasteiger partial charge in [0.15, 0.2) is 0 Å². The highest BCUT2D eigenvalue weighted by Crippen LogP contribution is 2.18. The molecule has 0 saturated heterocycles. The van der Waals surface area contributed by atoms with E-state index in [1.54, 1.807) is 6.07 Å². The molecule has 0 bridgehead atoms. The third-order valence-corrected chi connectivity index (χ3v) is 2.56. The van der Waals surface area contributed by atoms with Crippen molar-refractivity contribution in [2.24, 2.45) is 4.99 Å². The van der Waals surface area contributed by atoms with Gasteiger partial charge in [0.05, 0.1) is 10.7 Å². The predicted molar refractivity (Wildman–Crippen MR) is 67.8 cm³/mol. The van der Waals surface area contributed by atoms with Crippen LogP contribution in [-0.2, 0) is 0 Å². The Labute approximate surface area is 96.2 Å². The Balaban J connectivity index is 0.000000162. The van der Waals surface area contributed by atoms with Gasteiger partial charge in [-0.15, -0.1) is 0 Å². The van der Waals surface area contributed by atoms with Crippen LogP contribution in [0.25, 0.3) is 0 Å². The van der Waals surface area contributed by atoms with Gasteiger partial charge in [-0.1, -0.05) is 17.7 Å². The fourth-order valence-corrected chi connectivity index (χ4v) is 1.51. The number of anilines is 1. The second-order valence-electron chi connectivity index (χ2n) is 3.78. The van der Waals surface area contributed by atoms with Crippen LogP contribution in [0, 0.1) is 6.92 Å². The molecule has 0 amide bonds. The summed E-state index contributed by atoms with van der Waals surface area (Å²) in [5, 5.41) is 0.634. The fraction of sp³-hybridized carbons (Fsp3) is 0.417. The van der Waals surface area contributed by atoms with E-state index in [4.69, 9.17) is 17.3 Å². The SMILES string of the molecule is CC1CCC=N1.Cc1ccc(N)c(Cl)c1. The van der Waals surface area contributed by atoms with E-state index in [-0.39, 0.29) is 0 Å². The molecule has 3 heteroatoms. The van der Waals surface area contributed by atoms with E-state index >= 15 is 0 Å². The third kappa shape index (κ3) is 4.34. The normalized spacial score (nSPS) is 18.5. The number of rotatable bonds is 0. The molecule has 15 heavy (non-hydrogen) atoms. The minimum absolute atomic E-state index is 0.616. The summed E-state index contributed by atoms with van der Waals surface area (Å²) < 4.78 is 0.